The van der Waals surface area contributed by atoms with Gasteiger partial charge in [0, 0.05) is 0 Å². The molecule has 2 heteroatoms. The molecule has 2 unspecified atom stereocenters. The Hall–Kier alpha value is -0.340. The van der Waals surface area contributed by atoms with E-state index in [9.17, 15) is 10.2 Å². The lowest BCUT2D eigenvalue weighted by Crippen LogP contribution is -2.39. The van der Waals surface area contributed by atoms with Crippen molar-refractivity contribution in [1.29, 1.82) is 0 Å². The van der Waals surface area contributed by atoms with Crippen molar-refractivity contribution in [3.63, 3.8) is 0 Å². The third-order valence-electron chi connectivity index (χ3n) is 2.10. The Morgan fingerprint density at radius 3 is 2.36 bits per heavy atom. The van der Waals surface area contributed by atoms with E-state index < -0.39 is 11.7 Å². The molecular formula is C9H18O2. The summed E-state index contributed by atoms with van der Waals surface area (Å²) in [5, 5.41) is 18.9. The van der Waals surface area contributed by atoms with Gasteiger partial charge in [0.15, 0.2) is 0 Å². The fourth-order valence-electron chi connectivity index (χ4n) is 0.932. The van der Waals surface area contributed by atoms with E-state index in [1.54, 1.807) is 6.92 Å². The molecule has 0 spiro atoms. The molecule has 11 heavy (non-hydrogen) atoms. The normalized spacial score (nSPS) is 20.1. The standard InChI is InChI=1S/C9H18O2/c1-4-6-7-9(11,5-2)8(3)10/h4,6,8,10-11H,5,7H2,1-3H3/b6-4+. The van der Waals surface area contributed by atoms with Crippen molar-refractivity contribution in [3.05, 3.63) is 12.2 Å². The average molecular weight is 158 g/mol. The Morgan fingerprint density at radius 2 is 2.09 bits per heavy atom. The minimum Gasteiger partial charge on any atom is -0.390 e. The summed E-state index contributed by atoms with van der Waals surface area (Å²) in [4.78, 5) is 0. The molecule has 0 rings (SSSR count). The van der Waals surface area contributed by atoms with Crippen molar-refractivity contribution in [2.75, 3.05) is 0 Å². The van der Waals surface area contributed by atoms with Crippen LogP contribution in [0, 0.1) is 0 Å². The van der Waals surface area contributed by atoms with Crippen molar-refractivity contribution >= 4 is 0 Å². The maximum Gasteiger partial charge on any atom is 0.0934 e. The summed E-state index contributed by atoms with van der Waals surface area (Å²) < 4.78 is 0. The lowest BCUT2D eigenvalue weighted by Gasteiger charge is -2.28. The summed E-state index contributed by atoms with van der Waals surface area (Å²) >= 11 is 0. The zero-order valence-electron chi connectivity index (χ0n) is 7.54. The first-order chi connectivity index (χ1) is 5.06. The summed E-state index contributed by atoms with van der Waals surface area (Å²) in [6.45, 7) is 5.39. The molecule has 2 nitrogen and oxygen atoms in total. The molecule has 0 aromatic rings. The molecule has 2 atom stereocenters. The second-order valence-corrected chi connectivity index (χ2v) is 2.91. The van der Waals surface area contributed by atoms with Crippen LogP contribution in [0.3, 0.4) is 0 Å². The highest BCUT2D eigenvalue weighted by Crippen LogP contribution is 2.20. The third kappa shape index (κ3) is 3.04. The molecule has 0 aliphatic rings. The van der Waals surface area contributed by atoms with Gasteiger partial charge in [-0.1, -0.05) is 19.1 Å². The highest BCUT2D eigenvalue weighted by atomic mass is 16.3. The Balaban J connectivity index is 4.10. The van der Waals surface area contributed by atoms with Gasteiger partial charge in [-0.2, -0.15) is 0 Å². The lowest BCUT2D eigenvalue weighted by atomic mass is 9.91. The van der Waals surface area contributed by atoms with Crippen LogP contribution < -0.4 is 0 Å². The van der Waals surface area contributed by atoms with Gasteiger partial charge >= 0.3 is 0 Å². The van der Waals surface area contributed by atoms with Crippen molar-refractivity contribution in [2.45, 2.75) is 45.3 Å². The van der Waals surface area contributed by atoms with Gasteiger partial charge in [0.2, 0.25) is 0 Å². The molecular weight excluding hydrogens is 140 g/mol. The third-order valence-corrected chi connectivity index (χ3v) is 2.10. The van der Waals surface area contributed by atoms with Gasteiger partial charge in [0.1, 0.15) is 0 Å². The van der Waals surface area contributed by atoms with Gasteiger partial charge in [0.05, 0.1) is 11.7 Å². The number of aliphatic hydroxyl groups excluding tert-OH is 1. The fraction of sp³-hybridized carbons (Fsp3) is 0.778. The topological polar surface area (TPSA) is 40.5 Å². The predicted octanol–water partition coefficient (Wildman–Crippen LogP) is 1.47. The quantitative estimate of drug-likeness (QED) is 0.608. The molecule has 0 bridgehead atoms. The van der Waals surface area contributed by atoms with Crippen molar-refractivity contribution in [1.82, 2.24) is 0 Å². The predicted molar refractivity (Wildman–Crippen MR) is 46.4 cm³/mol. The maximum absolute atomic E-state index is 9.73. The van der Waals surface area contributed by atoms with Crippen LogP contribution in [-0.4, -0.2) is 21.9 Å². The molecule has 0 aromatic heterocycles. The van der Waals surface area contributed by atoms with Crippen LogP contribution in [0.1, 0.15) is 33.6 Å². The number of hydrogen-bond acceptors (Lipinski definition) is 2. The van der Waals surface area contributed by atoms with E-state index in [1.165, 1.54) is 0 Å². The summed E-state index contributed by atoms with van der Waals surface area (Å²) in [7, 11) is 0. The highest BCUT2D eigenvalue weighted by molar-refractivity contribution is 4.92. The SMILES string of the molecule is C/C=C/CC(O)(CC)C(C)O. The molecule has 0 saturated heterocycles. The molecule has 2 N–H and O–H groups in total. The van der Waals surface area contributed by atoms with Crippen LogP contribution in [0.5, 0.6) is 0 Å². The first-order valence-electron chi connectivity index (χ1n) is 4.08. The van der Waals surface area contributed by atoms with Crippen LogP contribution in [0.2, 0.25) is 0 Å². The molecule has 0 aromatic carbocycles. The average Bonchev–Trinajstić information content (AvgIpc) is 2.00. The summed E-state index contributed by atoms with van der Waals surface area (Å²) in [6, 6.07) is 0. The molecule has 0 saturated carbocycles. The Bertz CT molecular complexity index is 130. The van der Waals surface area contributed by atoms with Gasteiger partial charge < -0.3 is 10.2 Å². The van der Waals surface area contributed by atoms with E-state index in [0.29, 0.717) is 12.8 Å². The molecule has 0 aliphatic heterocycles. The smallest absolute Gasteiger partial charge is 0.0934 e. The number of hydrogen-bond donors (Lipinski definition) is 2. The van der Waals surface area contributed by atoms with Crippen molar-refractivity contribution < 1.29 is 10.2 Å². The first kappa shape index (κ1) is 10.7. The number of rotatable bonds is 4. The fourth-order valence-corrected chi connectivity index (χ4v) is 0.932. The van der Waals surface area contributed by atoms with Crippen LogP contribution in [0.25, 0.3) is 0 Å². The maximum atomic E-state index is 9.73. The van der Waals surface area contributed by atoms with E-state index in [2.05, 4.69) is 0 Å². The van der Waals surface area contributed by atoms with Gasteiger partial charge in [-0.05, 0) is 26.7 Å². The van der Waals surface area contributed by atoms with E-state index in [0.717, 1.165) is 0 Å². The Labute approximate surface area is 68.6 Å². The minimum atomic E-state index is -0.938. The minimum absolute atomic E-state index is 0.525. The molecule has 0 amide bonds. The van der Waals surface area contributed by atoms with Gasteiger partial charge in [-0.15, -0.1) is 0 Å². The molecule has 0 heterocycles. The highest BCUT2D eigenvalue weighted by Gasteiger charge is 2.28. The van der Waals surface area contributed by atoms with E-state index in [-0.39, 0.29) is 0 Å². The summed E-state index contributed by atoms with van der Waals surface area (Å²) in [5.74, 6) is 0. The van der Waals surface area contributed by atoms with Crippen LogP contribution in [0.4, 0.5) is 0 Å². The number of aliphatic hydroxyl groups is 2. The zero-order chi connectivity index (χ0) is 8.91. The largest absolute Gasteiger partial charge is 0.390 e. The molecule has 0 aliphatic carbocycles. The molecule has 0 radical (unpaired) electrons. The second-order valence-electron chi connectivity index (χ2n) is 2.91. The van der Waals surface area contributed by atoms with Crippen molar-refractivity contribution in [2.24, 2.45) is 0 Å². The van der Waals surface area contributed by atoms with Crippen LogP contribution >= 0.6 is 0 Å². The van der Waals surface area contributed by atoms with Crippen LogP contribution in [-0.2, 0) is 0 Å². The van der Waals surface area contributed by atoms with E-state index >= 15 is 0 Å². The Kier molecular flexibility index (Phi) is 4.38. The Morgan fingerprint density at radius 1 is 1.55 bits per heavy atom. The van der Waals surface area contributed by atoms with E-state index in [4.69, 9.17) is 0 Å². The first-order valence-corrected chi connectivity index (χ1v) is 4.08. The monoisotopic (exact) mass is 158 g/mol. The zero-order valence-corrected chi connectivity index (χ0v) is 7.54. The van der Waals surface area contributed by atoms with Gasteiger partial charge in [0.25, 0.3) is 0 Å². The summed E-state index contributed by atoms with van der Waals surface area (Å²) in [5.41, 5.74) is -0.938. The molecule has 0 fully saturated rings. The van der Waals surface area contributed by atoms with Gasteiger partial charge in [-0.3, -0.25) is 0 Å². The van der Waals surface area contributed by atoms with Crippen LogP contribution in [0.15, 0.2) is 12.2 Å². The number of allylic oxidation sites excluding steroid dienone is 1. The summed E-state index contributed by atoms with van der Waals surface area (Å²) in [6.07, 6.45) is 4.19. The molecule has 66 valence electrons. The lowest BCUT2D eigenvalue weighted by molar-refractivity contribution is -0.0660. The second kappa shape index (κ2) is 4.52. The van der Waals surface area contributed by atoms with Gasteiger partial charge in [-0.25, -0.2) is 0 Å². The van der Waals surface area contributed by atoms with E-state index in [1.807, 2.05) is 26.0 Å². The van der Waals surface area contributed by atoms with Crippen molar-refractivity contribution in [3.8, 4) is 0 Å².